The van der Waals surface area contributed by atoms with Crippen LogP contribution in [-0.4, -0.2) is 76.8 Å². The summed E-state index contributed by atoms with van der Waals surface area (Å²) in [7, 11) is 4.46. The summed E-state index contributed by atoms with van der Waals surface area (Å²) < 4.78 is 11.3. The minimum Gasteiger partial charge on any atom is -0.369 e. The van der Waals surface area contributed by atoms with Crippen molar-refractivity contribution in [3.8, 4) is 6.07 Å². The number of halogens is 1. The minimum atomic E-state index is -0.201. The molecule has 1 aromatic carbocycles. The number of hydrogen-bond donors (Lipinski definition) is 1. The van der Waals surface area contributed by atoms with Gasteiger partial charge in [0.15, 0.2) is 17.0 Å². The van der Waals surface area contributed by atoms with Gasteiger partial charge in [-0.25, -0.2) is 4.98 Å². The predicted octanol–water partition coefficient (Wildman–Crippen LogP) is 3.06. The van der Waals surface area contributed by atoms with Crippen LogP contribution in [0.2, 0.25) is 0 Å². The lowest BCUT2D eigenvalue weighted by molar-refractivity contribution is 0.0941. The Kier molecular flexibility index (Phi) is 8.50. The fraction of sp³-hybridized carbons (Fsp3) is 0.500. The van der Waals surface area contributed by atoms with Crippen LogP contribution in [0.3, 0.4) is 0 Å². The number of rotatable bonds is 5. The van der Waals surface area contributed by atoms with Gasteiger partial charge in [0.2, 0.25) is 5.82 Å². The van der Waals surface area contributed by atoms with Gasteiger partial charge < -0.3 is 14.4 Å². The Morgan fingerprint density at radius 1 is 1.11 bits per heavy atom. The molecule has 11 heteroatoms. The van der Waals surface area contributed by atoms with Crippen molar-refractivity contribution in [3.63, 3.8) is 0 Å². The fourth-order valence-electron chi connectivity index (χ4n) is 4.95. The van der Waals surface area contributed by atoms with Gasteiger partial charge in [-0.15, -0.1) is 0 Å². The highest BCUT2D eigenvalue weighted by atomic mass is 19.1. The van der Waals surface area contributed by atoms with Crippen LogP contribution in [0.5, 0.6) is 0 Å². The molecule has 0 radical (unpaired) electrons. The number of amides is 1. The van der Waals surface area contributed by atoms with Crippen LogP contribution < -0.4 is 15.3 Å². The summed E-state index contributed by atoms with van der Waals surface area (Å²) in [6.07, 6.45) is 6.86. The third-order valence-electron chi connectivity index (χ3n) is 7.01. The number of imidazole rings is 1. The number of aromatic nitrogens is 4. The van der Waals surface area contributed by atoms with Gasteiger partial charge in [-0.2, -0.15) is 15.2 Å². The van der Waals surface area contributed by atoms with E-state index in [-0.39, 0.29) is 17.8 Å². The first-order chi connectivity index (χ1) is 18.0. The molecule has 5 rings (SSSR count). The molecule has 3 heterocycles. The van der Waals surface area contributed by atoms with Crippen LogP contribution in [0, 0.1) is 11.3 Å². The molecule has 37 heavy (non-hydrogen) atoms. The molecule has 10 nitrogen and oxygen atoms in total. The first-order valence-electron chi connectivity index (χ1n) is 12.6. The molecule has 1 N–H and O–H groups in total. The number of carbonyl (C=O) groups excluding carboxylic acids is 1. The number of nitriles is 1. The molecule has 3 aromatic rings. The fourth-order valence-corrected chi connectivity index (χ4v) is 4.95. The molecule has 1 saturated carbocycles. The number of carbonyl (C=O) groups is 1. The number of alkyl halides is 1. The number of nitrogens with zero attached hydrogens (tertiary/aromatic N) is 8. The lowest BCUT2D eigenvalue weighted by Gasteiger charge is -2.35. The SMILES string of the molecule is CF.CN1CCN(c2cccc(C(=O)NN(c3nc(C#N)nc4c3ncn4C)C3CCCCC3)c2)CC1. The number of likely N-dealkylation sites (N-methyl/N-ethyl adjacent to an activating group) is 1. The lowest BCUT2D eigenvalue weighted by atomic mass is 9.95. The van der Waals surface area contributed by atoms with Crippen LogP contribution in [0.25, 0.3) is 11.2 Å². The van der Waals surface area contributed by atoms with Crippen molar-refractivity contribution in [1.29, 1.82) is 5.26 Å². The molecule has 0 atom stereocenters. The van der Waals surface area contributed by atoms with Crippen molar-refractivity contribution < 1.29 is 9.18 Å². The normalized spacial score (nSPS) is 16.6. The average molecular weight is 508 g/mol. The Morgan fingerprint density at radius 2 is 1.84 bits per heavy atom. The summed E-state index contributed by atoms with van der Waals surface area (Å²) in [5, 5.41) is 11.4. The van der Waals surface area contributed by atoms with Crippen molar-refractivity contribution >= 4 is 28.6 Å². The van der Waals surface area contributed by atoms with Crippen LogP contribution in [0.1, 0.15) is 48.3 Å². The standard InChI is InChI=1S/C25H31N9O.CH3F/c1-31-11-13-33(14-12-31)20-10-6-7-18(15-20)25(35)30-34(19-8-4-3-5-9-19)24-22-23(32(2)17-27-22)28-21(16-26)29-24;1-2/h6-7,10,15,17,19H,3-5,8-9,11-14H2,1-2H3,(H,30,35);1H3. The van der Waals surface area contributed by atoms with E-state index in [4.69, 9.17) is 0 Å². The van der Waals surface area contributed by atoms with Gasteiger partial charge in [-0.1, -0.05) is 25.3 Å². The Balaban J connectivity index is 0.00000156. The van der Waals surface area contributed by atoms with E-state index in [0.29, 0.717) is 29.7 Å². The van der Waals surface area contributed by atoms with Crippen LogP contribution in [0.15, 0.2) is 30.6 Å². The Labute approximate surface area is 216 Å². The van der Waals surface area contributed by atoms with Crippen molar-refractivity contribution in [1.82, 2.24) is 29.8 Å². The van der Waals surface area contributed by atoms with E-state index in [1.54, 1.807) is 10.9 Å². The molecule has 1 aliphatic carbocycles. The second-order valence-corrected chi connectivity index (χ2v) is 9.45. The van der Waals surface area contributed by atoms with Crippen molar-refractivity contribution in [2.45, 2.75) is 38.1 Å². The Bertz CT molecular complexity index is 1260. The van der Waals surface area contributed by atoms with Crippen LogP contribution in [0.4, 0.5) is 15.9 Å². The molecule has 2 fully saturated rings. The molecule has 0 unspecified atom stereocenters. The van der Waals surface area contributed by atoms with Gasteiger partial charge in [0.1, 0.15) is 6.07 Å². The zero-order chi connectivity index (χ0) is 26.4. The number of nitrogens with one attached hydrogen (secondary N) is 1. The summed E-state index contributed by atoms with van der Waals surface area (Å²) in [5.74, 6) is 0.332. The van der Waals surface area contributed by atoms with Crippen molar-refractivity contribution in [2.24, 2.45) is 7.05 Å². The van der Waals surface area contributed by atoms with Gasteiger partial charge >= 0.3 is 0 Å². The molecule has 196 valence electrons. The summed E-state index contributed by atoms with van der Waals surface area (Å²) in [5.41, 5.74) is 5.91. The van der Waals surface area contributed by atoms with Crippen molar-refractivity contribution in [2.75, 3.05) is 50.3 Å². The molecule has 0 spiro atoms. The first-order valence-corrected chi connectivity index (χ1v) is 12.6. The molecule has 1 amide bonds. The second kappa shape index (κ2) is 12.0. The van der Waals surface area contributed by atoms with Crippen LogP contribution >= 0.6 is 0 Å². The monoisotopic (exact) mass is 507 g/mol. The van der Waals surface area contributed by atoms with E-state index < -0.39 is 0 Å². The van der Waals surface area contributed by atoms with E-state index >= 15 is 0 Å². The highest BCUT2D eigenvalue weighted by molar-refractivity contribution is 5.97. The predicted molar refractivity (Wildman–Crippen MR) is 141 cm³/mol. The van der Waals surface area contributed by atoms with Gasteiger partial charge in [-0.05, 0) is 38.1 Å². The maximum Gasteiger partial charge on any atom is 0.269 e. The summed E-state index contributed by atoms with van der Waals surface area (Å²) >= 11 is 0. The smallest absolute Gasteiger partial charge is 0.269 e. The molecule has 1 saturated heterocycles. The number of anilines is 2. The van der Waals surface area contributed by atoms with E-state index in [0.717, 1.165) is 57.5 Å². The minimum absolute atomic E-state index is 0.0585. The van der Waals surface area contributed by atoms with E-state index in [9.17, 15) is 14.4 Å². The second-order valence-electron chi connectivity index (χ2n) is 9.45. The Morgan fingerprint density at radius 3 is 2.54 bits per heavy atom. The number of piperazine rings is 1. The quantitative estimate of drug-likeness (QED) is 0.526. The molecule has 1 aliphatic heterocycles. The van der Waals surface area contributed by atoms with E-state index in [1.807, 2.05) is 30.3 Å². The highest BCUT2D eigenvalue weighted by Crippen LogP contribution is 2.29. The molecule has 0 bridgehead atoms. The third-order valence-corrected chi connectivity index (χ3v) is 7.01. The maximum absolute atomic E-state index is 13.5. The number of aryl methyl sites for hydroxylation is 1. The van der Waals surface area contributed by atoms with Crippen LogP contribution in [-0.2, 0) is 7.05 Å². The van der Waals surface area contributed by atoms with Crippen molar-refractivity contribution in [3.05, 3.63) is 42.0 Å². The van der Waals surface area contributed by atoms with E-state index in [1.165, 1.54) is 6.42 Å². The summed E-state index contributed by atoms with van der Waals surface area (Å²) in [6, 6.07) is 9.91. The largest absolute Gasteiger partial charge is 0.369 e. The number of hydrogen-bond acceptors (Lipinski definition) is 8. The van der Waals surface area contributed by atoms with E-state index in [2.05, 4.69) is 49.4 Å². The zero-order valence-electron chi connectivity index (χ0n) is 21.7. The summed E-state index contributed by atoms with van der Waals surface area (Å²) in [4.78, 5) is 31.5. The molecular formula is C26H34FN9O. The maximum atomic E-state index is 13.5. The average Bonchev–Trinajstić information content (AvgIpc) is 3.33. The Hall–Kier alpha value is -3.78. The number of fused-ring (bicyclic) bond motifs is 1. The summed E-state index contributed by atoms with van der Waals surface area (Å²) in [6.45, 7) is 3.87. The zero-order valence-corrected chi connectivity index (χ0v) is 21.7. The molecule has 2 aliphatic rings. The topological polar surface area (TPSA) is 106 Å². The van der Waals surface area contributed by atoms with Gasteiger partial charge in [0.25, 0.3) is 5.91 Å². The molecular weight excluding hydrogens is 473 g/mol. The van der Waals surface area contributed by atoms with Gasteiger partial charge in [0, 0.05) is 44.5 Å². The third kappa shape index (κ3) is 5.80. The first kappa shape index (κ1) is 26.3. The highest BCUT2D eigenvalue weighted by Gasteiger charge is 2.28. The van der Waals surface area contributed by atoms with Gasteiger partial charge in [-0.3, -0.25) is 19.6 Å². The number of hydrazine groups is 1. The molecule has 2 aromatic heterocycles. The lowest BCUT2D eigenvalue weighted by Crippen LogP contribution is -2.50. The number of benzene rings is 1. The van der Waals surface area contributed by atoms with Gasteiger partial charge in [0.05, 0.1) is 19.5 Å².